The van der Waals surface area contributed by atoms with E-state index in [0.717, 1.165) is 35.2 Å². The molecular weight excluding hydrogens is 438 g/mol. The van der Waals surface area contributed by atoms with Gasteiger partial charge in [0.2, 0.25) is 6.79 Å². The molecule has 1 aliphatic rings. The van der Waals surface area contributed by atoms with Crippen LogP contribution in [0.3, 0.4) is 0 Å². The molecule has 0 unspecified atom stereocenters. The lowest BCUT2D eigenvalue weighted by Crippen LogP contribution is -2.16. The van der Waals surface area contributed by atoms with Gasteiger partial charge in [-0.25, -0.2) is 4.99 Å². The molecule has 1 aromatic heterocycles. The van der Waals surface area contributed by atoms with Crippen LogP contribution in [-0.4, -0.2) is 41.1 Å². The molecule has 0 bridgehead atoms. The number of rotatable bonds is 6. The van der Waals surface area contributed by atoms with Gasteiger partial charge in [0.25, 0.3) is 0 Å². The number of aromatic amines is 1. The summed E-state index contributed by atoms with van der Waals surface area (Å²) in [6, 6.07) is 19.3. The average Bonchev–Trinajstić information content (AvgIpc) is 3.41. The van der Waals surface area contributed by atoms with Gasteiger partial charge >= 0.3 is 0 Å². The first-order valence-corrected chi connectivity index (χ1v) is 11.2. The Labute approximate surface area is 197 Å². The minimum Gasteiger partial charge on any atom is -0.494 e. The first-order valence-electron chi connectivity index (χ1n) is 10.8. The van der Waals surface area contributed by atoms with Crippen molar-refractivity contribution in [2.45, 2.75) is 13.5 Å². The molecule has 0 aliphatic carbocycles. The van der Waals surface area contributed by atoms with Crippen molar-refractivity contribution in [3.63, 3.8) is 0 Å². The number of aromatic nitrogens is 1. The third-order valence-corrected chi connectivity index (χ3v) is 6.03. The Kier molecular flexibility index (Phi) is 5.70. The fraction of sp³-hybridized carbons (Fsp3) is 0.192. The summed E-state index contributed by atoms with van der Waals surface area (Å²) in [5, 5.41) is 12.3. The number of ether oxygens (including phenoxy) is 2. The van der Waals surface area contributed by atoms with Gasteiger partial charge in [0.05, 0.1) is 22.5 Å². The molecule has 2 heterocycles. The topological polar surface area (TPSA) is 70.1 Å². The number of hydrogen-bond acceptors (Lipinski definition) is 5. The zero-order valence-electron chi connectivity index (χ0n) is 18.4. The number of aromatic hydroxyl groups is 1. The quantitative estimate of drug-likeness (QED) is 0.352. The van der Waals surface area contributed by atoms with Crippen molar-refractivity contribution in [3.05, 3.63) is 82.4 Å². The summed E-state index contributed by atoms with van der Waals surface area (Å²) >= 11 is 6.17. The Morgan fingerprint density at radius 3 is 2.64 bits per heavy atom. The molecule has 2 N–H and O–H groups in total. The number of fused-ring (bicyclic) bond motifs is 2. The Bertz CT molecular complexity index is 1350. The molecule has 168 valence electrons. The van der Waals surface area contributed by atoms with Crippen molar-refractivity contribution in [2.24, 2.45) is 4.99 Å². The van der Waals surface area contributed by atoms with E-state index >= 15 is 0 Å². The maximum Gasteiger partial charge on any atom is 0.231 e. The van der Waals surface area contributed by atoms with Crippen molar-refractivity contribution in [3.8, 4) is 17.4 Å². The van der Waals surface area contributed by atoms with Gasteiger partial charge in [-0.3, -0.25) is 0 Å². The Balaban J connectivity index is 1.63. The van der Waals surface area contributed by atoms with E-state index in [4.69, 9.17) is 26.1 Å². The molecule has 0 saturated carbocycles. The van der Waals surface area contributed by atoms with E-state index in [1.54, 1.807) is 12.1 Å². The van der Waals surface area contributed by atoms with Gasteiger partial charge in [0.15, 0.2) is 17.4 Å². The van der Waals surface area contributed by atoms with Gasteiger partial charge in [0.1, 0.15) is 0 Å². The van der Waals surface area contributed by atoms with Crippen LogP contribution in [0.15, 0.2) is 65.7 Å². The summed E-state index contributed by atoms with van der Waals surface area (Å²) in [7, 11) is 2.09. The third-order valence-electron chi connectivity index (χ3n) is 5.79. The molecule has 33 heavy (non-hydrogen) atoms. The van der Waals surface area contributed by atoms with Crippen LogP contribution in [0.4, 0.5) is 5.69 Å². The molecule has 4 aromatic rings. The van der Waals surface area contributed by atoms with Crippen LogP contribution in [0.5, 0.6) is 17.4 Å². The van der Waals surface area contributed by atoms with Crippen LogP contribution in [0, 0.1) is 0 Å². The molecule has 0 fully saturated rings. The second kappa shape index (κ2) is 8.81. The molecule has 7 heteroatoms. The lowest BCUT2D eigenvalue weighted by Gasteiger charge is -2.14. The summed E-state index contributed by atoms with van der Waals surface area (Å²) in [4.78, 5) is 10.2. The van der Waals surface area contributed by atoms with Crippen molar-refractivity contribution in [1.29, 1.82) is 0 Å². The minimum absolute atomic E-state index is 0.0323. The van der Waals surface area contributed by atoms with E-state index in [2.05, 4.69) is 36.0 Å². The fourth-order valence-corrected chi connectivity index (χ4v) is 4.10. The van der Waals surface area contributed by atoms with Crippen LogP contribution >= 0.6 is 11.6 Å². The maximum atomic E-state index is 10.9. The molecule has 0 amide bonds. The first-order chi connectivity index (χ1) is 16.0. The zero-order chi connectivity index (χ0) is 22.9. The van der Waals surface area contributed by atoms with Crippen LogP contribution in [0.25, 0.3) is 10.9 Å². The summed E-state index contributed by atoms with van der Waals surface area (Å²) in [6.45, 7) is 4.18. The summed E-state index contributed by atoms with van der Waals surface area (Å²) in [5.74, 6) is 1.38. The van der Waals surface area contributed by atoms with Gasteiger partial charge in [-0.2, -0.15) is 0 Å². The van der Waals surface area contributed by atoms with Crippen LogP contribution in [0.2, 0.25) is 5.02 Å². The summed E-state index contributed by atoms with van der Waals surface area (Å²) in [6.07, 6.45) is 0. The SMILES string of the molecule is CCN(C)Cc1ccc(N=C(c2ccc3c(c2)OCO3)c2c(O)[nH]c3cc(Cl)ccc23)cc1. The van der Waals surface area contributed by atoms with Crippen molar-refractivity contribution in [2.75, 3.05) is 20.4 Å². The van der Waals surface area contributed by atoms with Crippen molar-refractivity contribution >= 4 is 33.9 Å². The number of hydrogen-bond donors (Lipinski definition) is 2. The van der Waals surface area contributed by atoms with E-state index in [-0.39, 0.29) is 12.7 Å². The number of nitrogens with one attached hydrogen (secondary N) is 1. The van der Waals surface area contributed by atoms with Gasteiger partial charge in [-0.1, -0.05) is 36.7 Å². The molecular formula is C26H24ClN3O3. The molecule has 0 atom stereocenters. The highest BCUT2D eigenvalue weighted by Crippen LogP contribution is 2.37. The molecule has 0 spiro atoms. The Morgan fingerprint density at radius 2 is 1.85 bits per heavy atom. The van der Waals surface area contributed by atoms with Crippen molar-refractivity contribution in [1.82, 2.24) is 9.88 Å². The number of aliphatic imine (C=N–C) groups is 1. The standard InChI is InChI=1S/C26H24ClN3O3/c1-3-30(2)14-16-4-8-19(9-5-16)28-25(17-6-11-22-23(12-17)33-15-32-22)24-20-10-7-18(27)13-21(20)29-26(24)31/h4-13,29,31H,3,14-15H2,1-2H3. The third kappa shape index (κ3) is 4.27. The van der Waals surface area contributed by atoms with Crippen LogP contribution in [0.1, 0.15) is 23.6 Å². The van der Waals surface area contributed by atoms with E-state index < -0.39 is 0 Å². The molecule has 0 saturated heterocycles. The molecule has 1 aliphatic heterocycles. The molecule has 3 aromatic carbocycles. The average molecular weight is 462 g/mol. The van der Waals surface area contributed by atoms with Crippen molar-refractivity contribution < 1.29 is 14.6 Å². The molecule has 6 nitrogen and oxygen atoms in total. The largest absolute Gasteiger partial charge is 0.494 e. The summed E-state index contributed by atoms with van der Waals surface area (Å²) in [5.41, 5.74) is 4.77. The summed E-state index contributed by atoms with van der Waals surface area (Å²) < 4.78 is 11.1. The second-order valence-electron chi connectivity index (χ2n) is 8.06. The molecule has 0 radical (unpaired) electrons. The second-order valence-corrected chi connectivity index (χ2v) is 8.50. The lowest BCUT2D eigenvalue weighted by atomic mass is 10.00. The number of H-pyrrole nitrogens is 1. The van der Waals surface area contributed by atoms with E-state index in [9.17, 15) is 5.11 Å². The van der Waals surface area contributed by atoms with E-state index in [0.29, 0.717) is 27.8 Å². The highest BCUT2D eigenvalue weighted by molar-refractivity contribution is 6.31. The minimum atomic E-state index is 0.0323. The number of nitrogens with zero attached hydrogens (tertiary/aromatic N) is 2. The van der Waals surface area contributed by atoms with Gasteiger partial charge in [-0.05, 0) is 61.6 Å². The number of benzene rings is 3. The van der Waals surface area contributed by atoms with Crippen LogP contribution < -0.4 is 9.47 Å². The van der Waals surface area contributed by atoms with E-state index in [1.807, 2.05) is 36.4 Å². The number of halogens is 1. The van der Waals surface area contributed by atoms with Gasteiger partial charge < -0.3 is 24.5 Å². The predicted molar refractivity (Wildman–Crippen MR) is 131 cm³/mol. The monoisotopic (exact) mass is 461 g/mol. The predicted octanol–water partition coefficient (Wildman–Crippen LogP) is 5.88. The zero-order valence-corrected chi connectivity index (χ0v) is 19.2. The van der Waals surface area contributed by atoms with Gasteiger partial charge in [-0.15, -0.1) is 0 Å². The Hall–Kier alpha value is -3.48. The molecule has 5 rings (SSSR count). The first kappa shape index (κ1) is 21.4. The fourth-order valence-electron chi connectivity index (χ4n) is 3.93. The normalized spacial score (nSPS) is 13.3. The highest BCUT2D eigenvalue weighted by Gasteiger charge is 2.22. The van der Waals surface area contributed by atoms with Crippen LogP contribution in [-0.2, 0) is 6.54 Å². The highest BCUT2D eigenvalue weighted by atomic mass is 35.5. The van der Waals surface area contributed by atoms with E-state index in [1.165, 1.54) is 5.56 Å². The lowest BCUT2D eigenvalue weighted by molar-refractivity contribution is 0.174. The Morgan fingerprint density at radius 1 is 1.06 bits per heavy atom. The van der Waals surface area contributed by atoms with Gasteiger partial charge in [0, 0.05) is 22.5 Å². The smallest absolute Gasteiger partial charge is 0.231 e. The maximum absolute atomic E-state index is 10.9.